The minimum absolute atomic E-state index is 0.130. The third kappa shape index (κ3) is 76.7. The van der Waals surface area contributed by atoms with Crippen molar-refractivity contribution in [1.29, 1.82) is 0 Å². The van der Waals surface area contributed by atoms with E-state index in [1.807, 2.05) is 12.1 Å². The monoisotopic (exact) mass is 1600 g/mol. The molecule has 63 heavy (non-hydrogen) atoms. The Balaban J connectivity index is -0.0000000376. The summed E-state index contributed by atoms with van der Waals surface area (Å²) in [5, 5.41) is 107. The summed E-state index contributed by atoms with van der Waals surface area (Å²) < 4.78 is 21.9. The lowest BCUT2D eigenvalue weighted by Gasteiger charge is -2.07. The minimum atomic E-state index is -0.653. The number of halogens is 6. The van der Waals surface area contributed by atoms with Crippen LogP contribution >= 0.6 is 136 Å². The van der Waals surface area contributed by atoms with Gasteiger partial charge < -0.3 is 90.8 Å². The van der Waals surface area contributed by atoms with Gasteiger partial charge in [0.15, 0.2) is 0 Å². The van der Waals surface area contributed by atoms with E-state index in [1.54, 1.807) is 0 Å². The predicted octanol–water partition coefficient (Wildman–Crippen LogP) is 1.79. The number of hydrogen-bond acceptors (Lipinski definition) is 21. The summed E-state index contributed by atoms with van der Waals surface area (Å²) in [5.41, 5.74) is 2.01. The summed E-state index contributed by atoms with van der Waals surface area (Å²) in [6.07, 6.45) is 3.33. The van der Waals surface area contributed by atoms with Crippen molar-refractivity contribution in [2.45, 2.75) is 13.2 Å². The Kier molecular flexibility index (Phi) is 175. The fraction of sp³-hybridized carbons (Fsp3) is 0.514. The van der Waals surface area contributed by atoms with Crippen LogP contribution in [0.1, 0.15) is 11.1 Å². The zero-order chi connectivity index (χ0) is 54.5. The van der Waals surface area contributed by atoms with Crippen LogP contribution < -0.4 is 0 Å². The second-order valence-corrected chi connectivity index (χ2v) is 13.0. The number of carbonyl (C=O) groups is 2. The number of aliphatic hydroxyl groups excluding tert-OH is 15. The second-order valence-electron chi connectivity index (χ2n) is 6.06. The van der Waals surface area contributed by atoms with Gasteiger partial charge >= 0.3 is 12.2 Å². The van der Waals surface area contributed by atoms with E-state index in [1.165, 1.54) is 44.6 Å². The Morgan fingerprint density at radius 3 is 1.06 bits per heavy atom. The number of imidazole rings is 1. The molecule has 3 aromatic rings. The summed E-state index contributed by atoms with van der Waals surface area (Å²) in [4.78, 5) is 25.0. The fourth-order valence-electron chi connectivity index (χ4n) is 2.11. The van der Waals surface area contributed by atoms with Crippen LogP contribution in [0.2, 0.25) is 0 Å². The number of carbonyl (C=O) groups excluding carboxylic acids is 2. The van der Waals surface area contributed by atoms with E-state index >= 15 is 0 Å². The molecule has 1 heterocycles. The van der Waals surface area contributed by atoms with Crippen molar-refractivity contribution in [2.24, 2.45) is 0 Å². The van der Waals surface area contributed by atoms with Gasteiger partial charge in [-0.2, -0.15) is 0 Å². The molecule has 22 nitrogen and oxygen atoms in total. The molecule has 0 aliphatic rings. The van der Waals surface area contributed by atoms with Crippen LogP contribution in [0.4, 0.5) is 9.59 Å². The average Bonchev–Trinajstić information content (AvgIpc) is 3.95. The number of ether oxygens (including phenoxy) is 3. The first kappa shape index (κ1) is 101. The molecular formula is C35H74I6N2O20. The van der Waals surface area contributed by atoms with Gasteiger partial charge in [0.05, 0.1) is 20.8 Å². The molecular weight excluding hydrogens is 1530 g/mol. The van der Waals surface area contributed by atoms with Crippen molar-refractivity contribution in [3.63, 3.8) is 0 Å². The highest BCUT2D eigenvalue weighted by atomic mass is 127. The van der Waals surface area contributed by atoms with E-state index in [0.29, 0.717) is 0 Å². The molecule has 386 valence electrons. The Morgan fingerprint density at radius 2 is 0.810 bits per heavy atom. The van der Waals surface area contributed by atoms with Gasteiger partial charge in [-0.15, -0.1) is 0 Å². The van der Waals surface area contributed by atoms with E-state index in [9.17, 15) is 9.59 Å². The van der Waals surface area contributed by atoms with Crippen LogP contribution in [0.3, 0.4) is 0 Å². The second kappa shape index (κ2) is 109. The average molecular weight is 1600 g/mol. The molecule has 0 radical (unpaired) electrons. The Morgan fingerprint density at radius 1 is 0.508 bits per heavy atom. The highest BCUT2D eigenvalue weighted by Crippen LogP contribution is 2.24. The van der Waals surface area contributed by atoms with Gasteiger partial charge in [0.2, 0.25) is 0 Å². The van der Waals surface area contributed by atoms with Crippen molar-refractivity contribution in [2.75, 3.05) is 114 Å². The highest BCUT2D eigenvalue weighted by molar-refractivity contribution is 14.1. The van der Waals surface area contributed by atoms with Gasteiger partial charge in [-0.1, -0.05) is 0 Å². The van der Waals surface area contributed by atoms with Crippen LogP contribution in [-0.4, -0.2) is 212 Å². The molecule has 0 saturated heterocycles. The van der Waals surface area contributed by atoms with Crippen molar-refractivity contribution >= 4 is 148 Å². The van der Waals surface area contributed by atoms with E-state index in [-0.39, 0.29) is 13.2 Å². The van der Waals surface area contributed by atoms with Gasteiger partial charge in [0.25, 0.3) is 0 Å². The largest absolute Gasteiger partial charge is 0.508 e. The number of aliphatic hydroxyl groups is 15. The van der Waals surface area contributed by atoms with Crippen LogP contribution in [-0.2, 0) is 27.4 Å². The first-order valence-electron chi connectivity index (χ1n) is 15.4. The molecule has 0 amide bonds. The number of benzene rings is 2. The molecule has 1 aromatic heterocycles. The van der Waals surface area contributed by atoms with Crippen molar-refractivity contribution < 1.29 is 100 Å². The maximum atomic E-state index is 10.8. The van der Waals surface area contributed by atoms with Crippen LogP contribution in [0.5, 0.6) is 0 Å². The van der Waals surface area contributed by atoms with Crippen molar-refractivity contribution in [3.05, 3.63) is 75.5 Å². The van der Waals surface area contributed by atoms with Gasteiger partial charge in [-0.05, 0) is 165 Å². The smallest absolute Gasteiger partial charge is 0.452 e. The zero-order valence-corrected chi connectivity index (χ0v) is 51.3. The van der Waals surface area contributed by atoms with Gasteiger partial charge in [0.1, 0.15) is 12.9 Å². The Bertz CT molecular complexity index is 1170. The zero-order valence-electron chi connectivity index (χ0n) is 38.4. The molecule has 0 spiro atoms. The van der Waals surface area contributed by atoms with Gasteiger partial charge in [-0.25, -0.2) is 19.1 Å². The maximum absolute atomic E-state index is 10.8. The Hall–Kier alpha value is 0.170. The quantitative estimate of drug-likeness (QED) is 0.101. The number of rotatable bonds is 3. The topological polar surface area (TPSA) is 383 Å². The third-order valence-electron chi connectivity index (χ3n) is 3.71. The standard InChI is InChI=1S/C9H7I3O3.C7H5I3O.C5H6N2O2.14CH4O/c1-14-9(13)15-4-5-2-6(10)3-7(11)8(5)12;8-5-1-4(3-11)7(10)6(9)2-5;1-9-5(8)7-3-2-6-4-7;14*1-2/h2-3H,4H2,1H3;1-2,11H,3H2;2-4H,1H3;14*2H,1H3. The van der Waals surface area contributed by atoms with Crippen molar-refractivity contribution in [3.8, 4) is 0 Å². The van der Waals surface area contributed by atoms with Gasteiger partial charge in [0, 0.05) is 139 Å². The molecule has 2 aromatic carbocycles. The van der Waals surface area contributed by atoms with E-state index in [2.05, 4.69) is 162 Å². The van der Waals surface area contributed by atoms with Gasteiger partial charge in [-0.3, -0.25) is 0 Å². The molecule has 0 bridgehead atoms. The number of methoxy groups -OCH3 is 2. The molecule has 0 aliphatic carbocycles. The summed E-state index contributed by atoms with van der Waals surface area (Å²) in [6.45, 7) is 0.378. The summed E-state index contributed by atoms with van der Waals surface area (Å²) in [5.74, 6) is 0. The highest BCUT2D eigenvalue weighted by Gasteiger charge is 2.09. The van der Waals surface area contributed by atoms with E-state index in [4.69, 9.17) is 81.3 Å². The lowest BCUT2D eigenvalue weighted by atomic mass is 10.2. The number of hydrogen-bond donors (Lipinski definition) is 15. The van der Waals surface area contributed by atoms with E-state index in [0.717, 1.165) is 125 Å². The predicted molar refractivity (Wildman–Crippen MR) is 296 cm³/mol. The molecule has 28 heteroatoms. The summed E-state index contributed by atoms with van der Waals surface area (Å²) in [7, 11) is 16.6. The maximum Gasteiger partial charge on any atom is 0.508 e. The summed E-state index contributed by atoms with van der Waals surface area (Å²) in [6, 6.07) is 8.17. The lowest BCUT2D eigenvalue weighted by Crippen LogP contribution is -2.07. The SMILES string of the molecule is CO.CO.CO.CO.CO.CO.CO.CO.CO.CO.CO.CO.CO.CO.COC(=O)OCc1cc(I)cc(I)c1I.COC(=O)n1ccnc1.OCc1cc(I)cc(I)c1I. The molecule has 0 unspecified atom stereocenters. The Labute approximate surface area is 455 Å². The first-order valence-corrected chi connectivity index (χ1v) is 21.9. The molecule has 0 atom stereocenters. The molecule has 3 rings (SSSR count). The van der Waals surface area contributed by atoms with Crippen LogP contribution in [0, 0.1) is 21.4 Å². The first-order chi connectivity index (χ1) is 30.5. The summed E-state index contributed by atoms with van der Waals surface area (Å²) >= 11 is 13.5. The van der Waals surface area contributed by atoms with Crippen LogP contribution in [0.15, 0.2) is 43.0 Å². The normalized spacial score (nSPS) is 6.75. The van der Waals surface area contributed by atoms with Crippen LogP contribution in [0.25, 0.3) is 0 Å². The molecule has 0 fully saturated rings. The molecule has 0 aliphatic heterocycles. The number of aromatic nitrogens is 2. The van der Waals surface area contributed by atoms with Crippen molar-refractivity contribution in [1.82, 2.24) is 9.55 Å². The molecule has 15 N–H and O–H groups in total. The van der Waals surface area contributed by atoms with E-state index < -0.39 is 12.2 Å². The fourth-order valence-corrected chi connectivity index (χ4v) is 6.99. The lowest BCUT2D eigenvalue weighted by molar-refractivity contribution is 0.0667. The molecule has 0 saturated carbocycles. The third-order valence-corrected chi connectivity index (χ3v) is 11.3. The number of nitrogens with zero attached hydrogens (tertiary/aromatic N) is 2. The minimum Gasteiger partial charge on any atom is -0.452 e.